The monoisotopic (exact) mass is 254 g/mol. The van der Waals surface area contributed by atoms with Gasteiger partial charge in [0.15, 0.2) is 10.9 Å². The van der Waals surface area contributed by atoms with Gasteiger partial charge in [0.05, 0.1) is 12.4 Å². The van der Waals surface area contributed by atoms with Crippen LogP contribution < -0.4 is 5.32 Å². The summed E-state index contributed by atoms with van der Waals surface area (Å²) in [5.74, 6) is -0.134. The molecule has 0 unspecified atom stereocenters. The third-order valence-corrected chi connectivity index (χ3v) is 3.01. The molecule has 0 aliphatic carbocycles. The maximum absolute atomic E-state index is 11.7. The van der Waals surface area contributed by atoms with Crippen LogP contribution in [0.4, 0.5) is 0 Å². The maximum Gasteiger partial charge on any atom is 0.293 e. The van der Waals surface area contributed by atoms with Crippen LogP contribution in [0.25, 0.3) is 0 Å². The number of furan rings is 1. The number of nitrogens with zero attached hydrogens (tertiary/aromatic N) is 1. The van der Waals surface area contributed by atoms with Crippen LogP contribution in [0.2, 0.25) is 0 Å². The summed E-state index contributed by atoms with van der Waals surface area (Å²) in [6, 6.07) is 3.21. The number of β-amino-alcohol motifs (C(OH)–C–C–N with tert-alkyl or cyclic N) is 1. The number of aliphatic hydroxyl groups excluding tert-OH is 1. The first kappa shape index (κ1) is 12.1. The van der Waals surface area contributed by atoms with Gasteiger partial charge in [0.2, 0.25) is 0 Å². The molecule has 1 aliphatic heterocycles. The zero-order valence-corrected chi connectivity index (χ0v) is 10.1. The van der Waals surface area contributed by atoms with E-state index in [-0.39, 0.29) is 17.8 Å². The van der Waals surface area contributed by atoms with Crippen molar-refractivity contribution in [1.82, 2.24) is 10.2 Å². The highest BCUT2D eigenvalue weighted by Crippen LogP contribution is 2.10. The van der Waals surface area contributed by atoms with E-state index < -0.39 is 0 Å². The molecule has 2 rings (SSSR count). The van der Waals surface area contributed by atoms with E-state index in [9.17, 15) is 9.90 Å². The molecule has 0 aromatic carbocycles. The van der Waals surface area contributed by atoms with E-state index in [1.54, 1.807) is 17.0 Å². The Hall–Kier alpha value is -1.40. The SMILES string of the molecule is O=C(NC(=S)N1CCC[C@@H](O)C1)c1ccco1. The Bertz CT molecular complexity index is 405. The predicted molar refractivity (Wildman–Crippen MR) is 65.6 cm³/mol. The topological polar surface area (TPSA) is 65.7 Å². The van der Waals surface area contributed by atoms with Gasteiger partial charge in [-0.3, -0.25) is 10.1 Å². The number of hydrogen-bond donors (Lipinski definition) is 2. The number of thiocarbonyl (C=S) groups is 1. The molecule has 0 spiro atoms. The van der Waals surface area contributed by atoms with Gasteiger partial charge in [-0.2, -0.15) is 0 Å². The molecular formula is C11H14N2O3S. The molecule has 2 N–H and O–H groups in total. The Morgan fingerprint density at radius 2 is 2.47 bits per heavy atom. The Kier molecular flexibility index (Phi) is 3.75. The minimum absolute atomic E-state index is 0.227. The third kappa shape index (κ3) is 3.04. The van der Waals surface area contributed by atoms with Gasteiger partial charge in [-0.25, -0.2) is 0 Å². The molecular weight excluding hydrogens is 240 g/mol. The van der Waals surface area contributed by atoms with Crippen LogP contribution in [-0.4, -0.2) is 40.2 Å². The van der Waals surface area contributed by atoms with Crippen molar-refractivity contribution in [3.8, 4) is 0 Å². The molecule has 1 amide bonds. The number of aliphatic hydroxyl groups is 1. The number of carbonyl (C=O) groups is 1. The lowest BCUT2D eigenvalue weighted by molar-refractivity contribution is 0.0911. The summed E-state index contributed by atoms with van der Waals surface area (Å²) in [4.78, 5) is 13.5. The van der Waals surface area contributed by atoms with Gasteiger partial charge in [0.25, 0.3) is 5.91 Å². The van der Waals surface area contributed by atoms with Crippen LogP contribution in [0.5, 0.6) is 0 Å². The van der Waals surface area contributed by atoms with Gasteiger partial charge in [-0.1, -0.05) is 0 Å². The average Bonchev–Trinajstić information content (AvgIpc) is 2.82. The minimum Gasteiger partial charge on any atom is -0.459 e. The third-order valence-electron chi connectivity index (χ3n) is 2.65. The Morgan fingerprint density at radius 1 is 1.65 bits per heavy atom. The Labute approximate surface area is 104 Å². The zero-order valence-electron chi connectivity index (χ0n) is 9.26. The number of nitrogens with one attached hydrogen (secondary N) is 1. The number of amides is 1. The molecule has 2 heterocycles. The van der Waals surface area contributed by atoms with Crippen LogP contribution in [-0.2, 0) is 0 Å². The van der Waals surface area contributed by atoms with Crippen LogP contribution in [0, 0.1) is 0 Å². The van der Waals surface area contributed by atoms with Crippen molar-refractivity contribution in [2.24, 2.45) is 0 Å². The molecule has 0 radical (unpaired) electrons. The number of piperidine rings is 1. The van der Waals surface area contributed by atoms with Crippen molar-refractivity contribution in [1.29, 1.82) is 0 Å². The molecule has 0 bridgehead atoms. The van der Waals surface area contributed by atoms with Gasteiger partial charge in [0, 0.05) is 13.1 Å². The van der Waals surface area contributed by atoms with Gasteiger partial charge in [0.1, 0.15) is 0 Å². The lowest BCUT2D eigenvalue weighted by atomic mass is 10.1. The summed E-state index contributed by atoms with van der Waals surface area (Å²) < 4.78 is 4.97. The molecule has 92 valence electrons. The first-order valence-electron chi connectivity index (χ1n) is 5.48. The number of hydrogen-bond acceptors (Lipinski definition) is 4. The fourth-order valence-corrected chi connectivity index (χ4v) is 2.04. The first-order chi connectivity index (χ1) is 8.16. The van der Waals surface area contributed by atoms with Crippen molar-refractivity contribution in [2.75, 3.05) is 13.1 Å². The molecule has 1 aliphatic rings. The van der Waals surface area contributed by atoms with Crippen LogP contribution >= 0.6 is 12.2 Å². The van der Waals surface area contributed by atoms with Crippen molar-refractivity contribution in [3.05, 3.63) is 24.2 Å². The van der Waals surface area contributed by atoms with Gasteiger partial charge in [-0.05, 0) is 37.2 Å². The van der Waals surface area contributed by atoms with Gasteiger partial charge in [-0.15, -0.1) is 0 Å². The molecule has 1 fully saturated rings. The second-order valence-electron chi connectivity index (χ2n) is 3.98. The smallest absolute Gasteiger partial charge is 0.293 e. The van der Waals surface area contributed by atoms with Gasteiger partial charge < -0.3 is 14.4 Å². The second kappa shape index (κ2) is 5.29. The van der Waals surface area contributed by atoms with Crippen molar-refractivity contribution >= 4 is 23.2 Å². The minimum atomic E-state index is -0.373. The second-order valence-corrected chi connectivity index (χ2v) is 4.37. The Morgan fingerprint density at radius 3 is 3.12 bits per heavy atom. The number of carbonyl (C=O) groups excluding carboxylic acids is 1. The Balaban J connectivity index is 1.90. The molecule has 5 nitrogen and oxygen atoms in total. The van der Waals surface area contributed by atoms with E-state index in [1.165, 1.54) is 6.26 Å². The van der Waals surface area contributed by atoms with Crippen LogP contribution in [0.1, 0.15) is 23.4 Å². The summed E-state index contributed by atoms with van der Waals surface area (Å²) in [6.07, 6.45) is 2.72. The maximum atomic E-state index is 11.7. The van der Waals surface area contributed by atoms with E-state index >= 15 is 0 Å². The van der Waals surface area contributed by atoms with E-state index in [1.807, 2.05) is 0 Å². The fourth-order valence-electron chi connectivity index (χ4n) is 1.78. The summed E-state index contributed by atoms with van der Waals surface area (Å²) in [5.41, 5.74) is 0. The summed E-state index contributed by atoms with van der Waals surface area (Å²) in [5, 5.41) is 12.4. The highest BCUT2D eigenvalue weighted by molar-refractivity contribution is 7.80. The summed E-state index contributed by atoms with van der Waals surface area (Å²) in [7, 11) is 0. The summed E-state index contributed by atoms with van der Waals surface area (Å²) >= 11 is 5.12. The van der Waals surface area contributed by atoms with E-state index in [4.69, 9.17) is 16.6 Å². The van der Waals surface area contributed by atoms with Crippen LogP contribution in [0.3, 0.4) is 0 Å². The average molecular weight is 254 g/mol. The lowest BCUT2D eigenvalue weighted by Crippen LogP contribution is -2.48. The molecule has 1 aromatic rings. The number of rotatable bonds is 1. The largest absolute Gasteiger partial charge is 0.459 e. The van der Waals surface area contributed by atoms with E-state index in [2.05, 4.69) is 5.32 Å². The van der Waals surface area contributed by atoms with Crippen molar-refractivity contribution in [2.45, 2.75) is 18.9 Å². The molecule has 17 heavy (non-hydrogen) atoms. The van der Waals surface area contributed by atoms with Crippen molar-refractivity contribution in [3.63, 3.8) is 0 Å². The predicted octanol–water partition coefficient (Wildman–Crippen LogP) is 0.751. The lowest BCUT2D eigenvalue weighted by Gasteiger charge is -2.31. The summed E-state index contributed by atoms with van der Waals surface area (Å²) in [6.45, 7) is 1.23. The quantitative estimate of drug-likeness (QED) is 0.724. The molecule has 6 heteroatoms. The fraction of sp³-hybridized carbons (Fsp3) is 0.455. The number of likely N-dealkylation sites (tertiary alicyclic amines) is 1. The highest BCUT2D eigenvalue weighted by Gasteiger charge is 2.21. The molecule has 1 atom stereocenters. The standard InChI is InChI=1S/C11H14N2O3S/c14-8-3-1-5-13(7-8)11(17)12-10(15)9-4-2-6-16-9/h2,4,6,8,14H,1,3,5,7H2,(H,12,15,17)/t8-/m1/s1. The van der Waals surface area contributed by atoms with E-state index in [0.29, 0.717) is 11.7 Å². The highest BCUT2D eigenvalue weighted by atomic mass is 32.1. The normalized spacial score (nSPS) is 20.1. The van der Waals surface area contributed by atoms with E-state index in [0.717, 1.165) is 19.4 Å². The molecule has 1 saturated heterocycles. The molecule has 1 aromatic heterocycles. The van der Waals surface area contributed by atoms with Gasteiger partial charge >= 0.3 is 0 Å². The first-order valence-corrected chi connectivity index (χ1v) is 5.89. The van der Waals surface area contributed by atoms with Crippen molar-refractivity contribution < 1.29 is 14.3 Å². The molecule has 0 saturated carbocycles. The van der Waals surface area contributed by atoms with Crippen LogP contribution in [0.15, 0.2) is 22.8 Å². The zero-order chi connectivity index (χ0) is 12.3.